The first-order valence-corrected chi connectivity index (χ1v) is 10.9. The second kappa shape index (κ2) is 7.42. The number of aromatic nitrogens is 2. The molecule has 1 fully saturated rings. The van der Waals surface area contributed by atoms with Gasteiger partial charge in [0.05, 0.1) is 5.56 Å². The quantitative estimate of drug-likeness (QED) is 0.858. The van der Waals surface area contributed by atoms with Gasteiger partial charge < -0.3 is 5.32 Å². The molecule has 0 saturated carbocycles. The SMILES string of the molecule is Cc1cc(C)cc(NC(=O)c2cn(C)nc2S(=O)(=O)N2CCSCC2)c1. The average Bonchev–Trinajstić information content (AvgIpc) is 2.97. The minimum absolute atomic E-state index is 0.0601. The van der Waals surface area contributed by atoms with E-state index < -0.39 is 15.9 Å². The number of hydrogen-bond donors (Lipinski definition) is 1. The van der Waals surface area contributed by atoms with Crippen LogP contribution in [0.4, 0.5) is 5.69 Å². The molecule has 0 bridgehead atoms. The molecule has 1 amide bonds. The van der Waals surface area contributed by atoms with Gasteiger partial charge in [-0.25, -0.2) is 8.42 Å². The molecule has 0 unspecified atom stereocenters. The maximum Gasteiger partial charge on any atom is 0.263 e. The molecule has 1 aliphatic heterocycles. The lowest BCUT2D eigenvalue weighted by Crippen LogP contribution is -2.38. The van der Waals surface area contributed by atoms with E-state index in [-0.39, 0.29) is 10.6 Å². The van der Waals surface area contributed by atoms with Crippen LogP contribution in [0.25, 0.3) is 0 Å². The highest BCUT2D eigenvalue weighted by Crippen LogP contribution is 2.23. The molecule has 7 nitrogen and oxygen atoms in total. The lowest BCUT2D eigenvalue weighted by Gasteiger charge is -2.24. The maximum absolute atomic E-state index is 12.9. The van der Waals surface area contributed by atoms with E-state index in [1.54, 1.807) is 18.8 Å². The lowest BCUT2D eigenvalue weighted by atomic mass is 10.1. The summed E-state index contributed by atoms with van der Waals surface area (Å²) < 4.78 is 28.7. The molecule has 1 aliphatic rings. The van der Waals surface area contributed by atoms with Gasteiger partial charge in [0.15, 0.2) is 0 Å². The predicted molar refractivity (Wildman–Crippen MR) is 103 cm³/mol. The van der Waals surface area contributed by atoms with Gasteiger partial charge in [-0.2, -0.15) is 21.2 Å². The van der Waals surface area contributed by atoms with E-state index in [4.69, 9.17) is 0 Å². The predicted octanol–water partition coefficient (Wildman–Crippen LogP) is 2.03. The van der Waals surface area contributed by atoms with Gasteiger partial charge in [0.1, 0.15) is 0 Å². The molecule has 0 atom stereocenters. The first-order chi connectivity index (χ1) is 12.3. The van der Waals surface area contributed by atoms with Crippen molar-refractivity contribution in [1.82, 2.24) is 14.1 Å². The smallest absolute Gasteiger partial charge is 0.263 e. The van der Waals surface area contributed by atoms with Crippen LogP contribution >= 0.6 is 11.8 Å². The van der Waals surface area contributed by atoms with Gasteiger partial charge in [0, 0.05) is 43.5 Å². The molecule has 2 aromatic rings. The van der Waals surface area contributed by atoms with Crippen molar-refractivity contribution in [3.8, 4) is 0 Å². The molecule has 140 valence electrons. The molecule has 1 aromatic heterocycles. The van der Waals surface area contributed by atoms with Crippen molar-refractivity contribution < 1.29 is 13.2 Å². The zero-order valence-electron chi connectivity index (χ0n) is 15.0. The Kier molecular flexibility index (Phi) is 5.40. The Morgan fingerprint density at radius 1 is 1.15 bits per heavy atom. The van der Waals surface area contributed by atoms with Gasteiger partial charge in [-0.05, 0) is 37.1 Å². The monoisotopic (exact) mass is 394 g/mol. The fourth-order valence-corrected chi connectivity index (χ4v) is 5.67. The Bertz CT molecular complexity index is 911. The number of carbonyl (C=O) groups excluding carboxylic acids is 1. The van der Waals surface area contributed by atoms with Crippen molar-refractivity contribution in [3.05, 3.63) is 41.1 Å². The highest BCUT2D eigenvalue weighted by Gasteiger charge is 2.33. The Morgan fingerprint density at radius 3 is 2.38 bits per heavy atom. The number of benzene rings is 1. The van der Waals surface area contributed by atoms with Gasteiger partial charge in [0.25, 0.3) is 15.9 Å². The number of hydrogen-bond acceptors (Lipinski definition) is 5. The van der Waals surface area contributed by atoms with Crippen LogP contribution in [0, 0.1) is 13.8 Å². The van der Waals surface area contributed by atoms with Crippen molar-refractivity contribution >= 4 is 33.4 Å². The van der Waals surface area contributed by atoms with E-state index in [9.17, 15) is 13.2 Å². The number of carbonyl (C=O) groups is 1. The second-order valence-electron chi connectivity index (χ2n) is 6.37. The Balaban J connectivity index is 1.92. The summed E-state index contributed by atoms with van der Waals surface area (Å²) in [6.45, 7) is 4.75. The van der Waals surface area contributed by atoms with Crippen molar-refractivity contribution in [1.29, 1.82) is 0 Å². The largest absolute Gasteiger partial charge is 0.322 e. The maximum atomic E-state index is 12.9. The molecule has 1 saturated heterocycles. The van der Waals surface area contributed by atoms with Crippen LogP contribution in [-0.2, 0) is 17.1 Å². The van der Waals surface area contributed by atoms with E-state index in [0.29, 0.717) is 18.8 Å². The molecule has 1 N–H and O–H groups in total. The lowest BCUT2D eigenvalue weighted by molar-refractivity contribution is 0.102. The van der Waals surface area contributed by atoms with E-state index in [2.05, 4.69) is 10.4 Å². The highest BCUT2D eigenvalue weighted by atomic mass is 32.2. The molecule has 0 spiro atoms. The summed E-state index contributed by atoms with van der Waals surface area (Å²) in [7, 11) is -2.19. The molecule has 0 aliphatic carbocycles. The summed E-state index contributed by atoms with van der Waals surface area (Å²) in [4.78, 5) is 12.7. The first kappa shape index (κ1) is 18.9. The molecule has 3 rings (SSSR count). The third-order valence-electron chi connectivity index (χ3n) is 4.07. The summed E-state index contributed by atoms with van der Waals surface area (Å²) in [5.41, 5.74) is 2.73. The van der Waals surface area contributed by atoms with Crippen molar-refractivity contribution in [2.45, 2.75) is 18.9 Å². The molecular formula is C17H22N4O3S2. The van der Waals surface area contributed by atoms with Crippen molar-refractivity contribution in [2.75, 3.05) is 29.9 Å². The number of amides is 1. The van der Waals surface area contributed by atoms with Gasteiger partial charge >= 0.3 is 0 Å². The van der Waals surface area contributed by atoms with Crippen LogP contribution in [0.3, 0.4) is 0 Å². The second-order valence-corrected chi connectivity index (χ2v) is 9.45. The van der Waals surface area contributed by atoms with Gasteiger partial charge in [0.2, 0.25) is 5.03 Å². The van der Waals surface area contributed by atoms with Gasteiger partial charge in [-0.3, -0.25) is 9.48 Å². The minimum atomic E-state index is -3.80. The molecular weight excluding hydrogens is 372 g/mol. The number of thioether (sulfide) groups is 1. The van der Waals surface area contributed by atoms with Crippen molar-refractivity contribution in [3.63, 3.8) is 0 Å². The topological polar surface area (TPSA) is 84.3 Å². The summed E-state index contributed by atoms with van der Waals surface area (Å²) in [6, 6.07) is 5.69. The number of rotatable bonds is 4. The normalized spacial score (nSPS) is 15.8. The number of nitrogens with zero attached hydrogens (tertiary/aromatic N) is 3. The summed E-state index contributed by atoms with van der Waals surface area (Å²) in [5.74, 6) is 1.01. The van der Waals surface area contributed by atoms with E-state index in [1.807, 2.05) is 32.0 Å². The number of sulfonamides is 1. The van der Waals surface area contributed by atoms with Crippen LogP contribution in [0.5, 0.6) is 0 Å². The third-order valence-corrected chi connectivity index (χ3v) is 6.85. The third kappa shape index (κ3) is 3.94. The molecule has 0 radical (unpaired) electrons. The van der Waals surface area contributed by atoms with Crippen LogP contribution in [-0.4, -0.2) is 53.0 Å². The van der Waals surface area contributed by atoms with Crippen LogP contribution in [0.15, 0.2) is 29.4 Å². The Morgan fingerprint density at radius 2 is 1.77 bits per heavy atom. The molecule has 26 heavy (non-hydrogen) atoms. The molecule has 9 heteroatoms. The number of nitrogens with one attached hydrogen (secondary N) is 1. The number of anilines is 1. The first-order valence-electron chi connectivity index (χ1n) is 8.28. The van der Waals surface area contributed by atoms with E-state index in [1.165, 1.54) is 15.2 Å². The summed E-state index contributed by atoms with van der Waals surface area (Å²) in [6.07, 6.45) is 1.45. The minimum Gasteiger partial charge on any atom is -0.322 e. The average molecular weight is 395 g/mol. The van der Waals surface area contributed by atoms with Crippen LogP contribution in [0.1, 0.15) is 21.5 Å². The van der Waals surface area contributed by atoms with E-state index in [0.717, 1.165) is 22.6 Å². The summed E-state index contributed by atoms with van der Waals surface area (Å²) >= 11 is 1.72. The van der Waals surface area contributed by atoms with Gasteiger partial charge in [-0.1, -0.05) is 6.07 Å². The van der Waals surface area contributed by atoms with Crippen LogP contribution < -0.4 is 5.32 Å². The molecule has 2 heterocycles. The standard InChI is InChI=1S/C17H22N4O3S2/c1-12-8-13(2)10-14(9-12)18-16(22)15-11-20(3)19-17(15)26(23,24)21-4-6-25-7-5-21/h8-11H,4-7H2,1-3H3,(H,18,22). The zero-order valence-corrected chi connectivity index (χ0v) is 16.7. The highest BCUT2D eigenvalue weighted by molar-refractivity contribution is 7.99. The number of aryl methyl sites for hydroxylation is 3. The Hall–Kier alpha value is -1.84. The molecule has 1 aromatic carbocycles. The zero-order chi connectivity index (χ0) is 18.9. The fraction of sp³-hybridized carbons (Fsp3) is 0.412. The Labute approximate surface area is 157 Å². The van der Waals surface area contributed by atoms with E-state index >= 15 is 0 Å². The fourth-order valence-electron chi connectivity index (χ4n) is 2.97. The van der Waals surface area contributed by atoms with Crippen molar-refractivity contribution in [2.24, 2.45) is 7.05 Å². The van der Waals surface area contributed by atoms with Gasteiger partial charge in [-0.15, -0.1) is 0 Å². The summed E-state index contributed by atoms with van der Waals surface area (Å²) in [5, 5.41) is 6.68. The van der Waals surface area contributed by atoms with Crippen LogP contribution in [0.2, 0.25) is 0 Å².